The zero-order valence-corrected chi connectivity index (χ0v) is 13.9. The molecule has 23 heavy (non-hydrogen) atoms. The van der Waals surface area contributed by atoms with Gasteiger partial charge in [0, 0.05) is 24.3 Å². The maximum atomic E-state index is 12.2. The number of hydrogen-bond donors (Lipinski definition) is 2. The summed E-state index contributed by atoms with van der Waals surface area (Å²) in [5, 5.41) is 6.78. The van der Waals surface area contributed by atoms with Crippen molar-refractivity contribution in [3.63, 3.8) is 0 Å². The molecule has 0 spiro atoms. The van der Waals surface area contributed by atoms with Crippen LogP contribution in [0.1, 0.15) is 19.8 Å². The first-order valence-electron chi connectivity index (χ1n) is 7.90. The van der Waals surface area contributed by atoms with E-state index in [1.807, 2.05) is 17.9 Å². The second-order valence-corrected chi connectivity index (χ2v) is 6.03. The molecular formula is C16H21N3O3S. The first kappa shape index (κ1) is 15.9. The highest BCUT2D eigenvalue weighted by molar-refractivity contribution is 7.80. The number of anilines is 1. The second-order valence-electron chi connectivity index (χ2n) is 5.64. The third-order valence-corrected chi connectivity index (χ3v) is 4.11. The van der Waals surface area contributed by atoms with Crippen LogP contribution in [0, 0.1) is 0 Å². The number of fused-ring (bicyclic) bond motifs is 1. The summed E-state index contributed by atoms with van der Waals surface area (Å²) in [5.74, 6) is 1.26. The van der Waals surface area contributed by atoms with Crippen molar-refractivity contribution in [2.75, 3.05) is 31.6 Å². The summed E-state index contributed by atoms with van der Waals surface area (Å²) in [6.45, 7) is 3.97. The normalized spacial score (nSPS) is 15.7. The van der Waals surface area contributed by atoms with Gasteiger partial charge in [-0.25, -0.2) is 0 Å². The van der Waals surface area contributed by atoms with Crippen LogP contribution in [0.3, 0.4) is 0 Å². The molecule has 1 saturated carbocycles. The molecule has 1 aromatic rings. The van der Waals surface area contributed by atoms with E-state index in [9.17, 15) is 4.79 Å². The van der Waals surface area contributed by atoms with Gasteiger partial charge in [0.25, 0.3) is 0 Å². The molecule has 3 rings (SSSR count). The van der Waals surface area contributed by atoms with Gasteiger partial charge in [-0.15, -0.1) is 0 Å². The number of carbonyl (C=O) groups is 1. The van der Waals surface area contributed by atoms with Crippen LogP contribution in [0.2, 0.25) is 0 Å². The maximum absolute atomic E-state index is 12.2. The Balaban J connectivity index is 1.56. The summed E-state index contributed by atoms with van der Waals surface area (Å²) < 4.78 is 11.0. The molecule has 124 valence electrons. The molecule has 1 heterocycles. The minimum absolute atomic E-state index is 0.108. The summed E-state index contributed by atoms with van der Waals surface area (Å²) in [6.07, 6.45) is 2.31. The summed E-state index contributed by atoms with van der Waals surface area (Å²) in [4.78, 5) is 14.1. The quantitative estimate of drug-likeness (QED) is 0.800. The van der Waals surface area contributed by atoms with Gasteiger partial charge < -0.3 is 25.0 Å². The molecule has 1 aliphatic heterocycles. The van der Waals surface area contributed by atoms with Gasteiger partial charge in [0.2, 0.25) is 5.91 Å². The van der Waals surface area contributed by atoms with Gasteiger partial charge in [0.05, 0.1) is 6.54 Å². The van der Waals surface area contributed by atoms with Gasteiger partial charge in [-0.05, 0) is 44.1 Å². The highest BCUT2D eigenvalue weighted by Crippen LogP contribution is 2.32. The van der Waals surface area contributed by atoms with E-state index in [-0.39, 0.29) is 12.5 Å². The number of benzene rings is 1. The van der Waals surface area contributed by atoms with Crippen molar-refractivity contribution in [3.05, 3.63) is 18.2 Å². The first-order valence-corrected chi connectivity index (χ1v) is 8.31. The number of ether oxygens (including phenoxy) is 2. The Kier molecular flexibility index (Phi) is 4.85. The summed E-state index contributed by atoms with van der Waals surface area (Å²) >= 11 is 5.35. The Morgan fingerprint density at radius 2 is 2.04 bits per heavy atom. The van der Waals surface area contributed by atoms with Crippen LogP contribution in [-0.2, 0) is 4.79 Å². The van der Waals surface area contributed by atoms with Gasteiger partial charge in [-0.3, -0.25) is 4.79 Å². The van der Waals surface area contributed by atoms with Crippen LogP contribution in [0.15, 0.2) is 18.2 Å². The predicted octanol–water partition coefficient (Wildman–Crippen LogP) is 1.76. The zero-order valence-electron chi connectivity index (χ0n) is 13.1. The standard InChI is InChI=1S/C16H21N3O3S/c1-2-19(16(23)18-11-3-4-11)10-15(20)17-12-5-6-13-14(9-12)22-8-7-21-13/h5-6,9,11H,2-4,7-8,10H2,1H3,(H,17,20)(H,18,23). The Morgan fingerprint density at radius 3 is 2.74 bits per heavy atom. The van der Waals surface area contributed by atoms with E-state index in [0.29, 0.717) is 48.1 Å². The predicted molar refractivity (Wildman–Crippen MR) is 92.1 cm³/mol. The highest BCUT2D eigenvalue weighted by atomic mass is 32.1. The lowest BCUT2D eigenvalue weighted by Gasteiger charge is -2.24. The lowest BCUT2D eigenvalue weighted by Crippen LogP contribution is -2.44. The maximum Gasteiger partial charge on any atom is 0.243 e. The van der Waals surface area contributed by atoms with Gasteiger partial charge >= 0.3 is 0 Å². The molecule has 0 atom stereocenters. The van der Waals surface area contributed by atoms with Crippen molar-refractivity contribution >= 4 is 28.9 Å². The molecule has 1 fully saturated rings. The van der Waals surface area contributed by atoms with Gasteiger partial charge in [0.1, 0.15) is 13.2 Å². The minimum Gasteiger partial charge on any atom is -0.486 e. The molecule has 0 bridgehead atoms. The van der Waals surface area contributed by atoms with Crippen LogP contribution >= 0.6 is 12.2 Å². The van der Waals surface area contributed by atoms with E-state index in [1.54, 1.807) is 12.1 Å². The molecule has 0 unspecified atom stereocenters. The molecule has 1 amide bonds. The Bertz CT molecular complexity index is 604. The van der Waals surface area contributed by atoms with Crippen molar-refractivity contribution in [1.82, 2.24) is 10.2 Å². The molecule has 2 aliphatic rings. The Hall–Kier alpha value is -2.02. The van der Waals surface area contributed by atoms with Crippen molar-refractivity contribution in [2.45, 2.75) is 25.8 Å². The monoisotopic (exact) mass is 335 g/mol. The lowest BCUT2D eigenvalue weighted by molar-refractivity contribution is -0.116. The molecule has 0 saturated heterocycles. The molecule has 1 aliphatic carbocycles. The summed E-state index contributed by atoms with van der Waals surface area (Å²) in [7, 11) is 0. The number of carbonyl (C=O) groups excluding carboxylic acids is 1. The molecule has 2 N–H and O–H groups in total. The second kappa shape index (κ2) is 7.04. The first-order chi connectivity index (χ1) is 11.2. The van der Waals surface area contributed by atoms with Gasteiger partial charge in [-0.1, -0.05) is 0 Å². The minimum atomic E-state index is -0.108. The molecule has 7 heteroatoms. The molecule has 0 aromatic heterocycles. The molecule has 0 radical (unpaired) electrons. The summed E-state index contributed by atoms with van der Waals surface area (Å²) in [5.41, 5.74) is 0.691. The summed E-state index contributed by atoms with van der Waals surface area (Å²) in [6, 6.07) is 5.88. The molecule has 1 aromatic carbocycles. The van der Waals surface area contributed by atoms with E-state index in [0.717, 1.165) is 12.8 Å². The van der Waals surface area contributed by atoms with E-state index in [1.165, 1.54) is 0 Å². The molecular weight excluding hydrogens is 314 g/mol. The number of thiocarbonyl (C=S) groups is 1. The number of amides is 1. The van der Waals surface area contributed by atoms with Crippen molar-refractivity contribution in [3.8, 4) is 11.5 Å². The smallest absolute Gasteiger partial charge is 0.243 e. The molecule has 6 nitrogen and oxygen atoms in total. The van der Waals surface area contributed by atoms with Crippen LogP contribution in [0.25, 0.3) is 0 Å². The van der Waals surface area contributed by atoms with E-state index in [2.05, 4.69) is 10.6 Å². The van der Waals surface area contributed by atoms with Crippen molar-refractivity contribution in [2.24, 2.45) is 0 Å². The SMILES string of the molecule is CCN(CC(=O)Nc1ccc2c(c1)OCCO2)C(=S)NC1CC1. The van der Waals surface area contributed by atoms with Crippen LogP contribution in [0.5, 0.6) is 11.5 Å². The van der Waals surface area contributed by atoms with Crippen LogP contribution in [0.4, 0.5) is 5.69 Å². The number of likely N-dealkylation sites (N-methyl/N-ethyl adjacent to an activating group) is 1. The van der Waals surface area contributed by atoms with Gasteiger partial charge in [-0.2, -0.15) is 0 Å². The fraction of sp³-hybridized carbons (Fsp3) is 0.500. The van der Waals surface area contributed by atoms with Gasteiger partial charge in [0.15, 0.2) is 16.6 Å². The number of nitrogens with zero attached hydrogens (tertiary/aromatic N) is 1. The van der Waals surface area contributed by atoms with E-state index < -0.39 is 0 Å². The highest BCUT2D eigenvalue weighted by Gasteiger charge is 2.24. The van der Waals surface area contributed by atoms with Crippen LogP contribution in [-0.4, -0.2) is 48.3 Å². The number of hydrogen-bond acceptors (Lipinski definition) is 4. The van der Waals surface area contributed by atoms with E-state index in [4.69, 9.17) is 21.7 Å². The average Bonchev–Trinajstić information content (AvgIpc) is 3.36. The Labute approximate surface area is 141 Å². The number of rotatable bonds is 5. The largest absolute Gasteiger partial charge is 0.486 e. The third-order valence-electron chi connectivity index (χ3n) is 3.73. The lowest BCUT2D eigenvalue weighted by atomic mass is 10.2. The van der Waals surface area contributed by atoms with Crippen molar-refractivity contribution in [1.29, 1.82) is 0 Å². The third kappa shape index (κ3) is 4.25. The average molecular weight is 335 g/mol. The Morgan fingerprint density at radius 1 is 1.30 bits per heavy atom. The van der Waals surface area contributed by atoms with E-state index >= 15 is 0 Å². The fourth-order valence-electron chi connectivity index (χ4n) is 2.32. The topological polar surface area (TPSA) is 62.8 Å². The zero-order chi connectivity index (χ0) is 16.2. The fourth-order valence-corrected chi connectivity index (χ4v) is 2.68. The number of nitrogens with one attached hydrogen (secondary N) is 2. The van der Waals surface area contributed by atoms with Crippen LogP contribution < -0.4 is 20.1 Å². The van der Waals surface area contributed by atoms with Crippen molar-refractivity contribution < 1.29 is 14.3 Å².